The number of hydrogen-bond acceptors (Lipinski definition) is 7. The Labute approximate surface area is 250 Å². The van der Waals surface area contributed by atoms with Crippen LogP contribution >= 0.6 is 15.9 Å². The van der Waals surface area contributed by atoms with E-state index in [4.69, 9.17) is 15.5 Å². The van der Waals surface area contributed by atoms with Crippen molar-refractivity contribution in [1.82, 2.24) is 30.8 Å². The van der Waals surface area contributed by atoms with E-state index in [0.29, 0.717) is 28.3 Å². The monoisotopic (exact) mass is 627 g/mol. The molecule has 0 radical (unpaired) electrons. The van der Waals surface area contributed by atoms with Crippen LogP contribution in [0.4, 0.5) is 10.2 Å². The number of fused-ring (bicyclic) bond motifs is 1. The molecule has 10 heteroatoms. The normalized spacial score (nSPS) is 14.3. The third-order valence-corrected chi connectivity index (χ3v) is 8.25. The second kappa shape index (κ2) is 15.0. The Morgan fingerprint density at radius 1 is 1.15 bits per heavy atom. The summed E-state index contributed by atoms with van der Waals surface area (Å²) in [4.78, 5) is 9.29. The van der Waals surface area contributed by atoms with Crippen LogP contribution in [0, 0.1) is 17.2 Å². The quantitative estimate of drug-likeness (QED) is 0.146. The molecule has 1 aliphatic rings. The molecule has 1 aromatic carbocycles. The minimum atomic E-state index is -0.303. The predicted octanol–water partition coefficient (Wildman–Crippen LogP) is 6.32. The maximum atomic E-state index is 13.8. The summed E-state index contributed by atoms with van der Waals surface area (Å²) >= 11 is 3.62. The van der Waals surface area contributed by atoms with E-state index in [1.165, 1.54) is 31.4 Å². The van der Waals surface area contributed by atoms with E-state index < -0.39 is 0 Å². The van der Waals surface area contributed by atoms with Gasteiger partial charge in [0.05, 0.1) is 28.5 Å². The van der Waals surface area contributed by atoms with E-state index in [0.717, 1.165) is 67.4 Å². The van der Waals surface area contributed by atoms with E-state index >= 15 is 0 Å². The first-order valence-corrected chi connectivity index (χ1v) is 15.3. The number of hydrogen-bond donors (Lipinski definition) is 4. The number of nitrogens with zero attached hydrogens (tertiary/aromatic N) is 3. The van der Waals surface area contributed by atoms with Gasteiger partial charge in [-0.15, -0.1) is 0 Å². The average molecular weight is 629 g/mol. The van der Waals surface area contributed by atoms with Crippen molar-refractivity contribution in [1.29, 1.82) is 0 Å². The number of aromatic amines is 1. The highest BCUT2D eigenvalue weighted by atomic mass is 79.9. The molecule has 1 aliphatic carbocycles. The summed E-state index contributed by atoms with van der Waals surface area (Å²) in [6.07, 6.45) is 11.2. The van der Waals surface area contributed by atoms with Gasteiger partial charge in [-0.3, -0.25) is 15.1 Å². The van der Waals surface area contributed by atoms with Crippen LogP contribution in [0.25, 0.3) is 22.0 Å². The number of benzene rings is 1. The number of nitrogen functional groups attached to an aromatic ring is 1. The second-order valence-corrected chi connectivity index (χ2v) is 12.5. The molecular weight excluding hydrogens is 585 g/mol. The SMILES string of the molecule is CCOCC(C)(C)CNCCC(CCC1CC1)NCc1ncc(-c2cnc3ccc(F)cc3c2)cn[nH]c(N)c1Br. The Morgan fingerprint density at radius 2 is 1.95 bits per heavy atom. The van der Waals surface area contributed by atoms with Crippen molar-refractivity contribution in [2.75, 3.05) is 32.0 Å². The van der Waals surface area contributed by atoms with Gasteiger partial charge in [0.15, 0.2) is 0 Å². The number of ether oxygens (including phenoxy) is 1. The molecule has 41 heavy (non-hydrogen) atoms. The number of aromatic nitrogens is 4. The first-order valence-electron chi connectivity index (χ1n) is 14.5. The summed E-state index contributed by atoms with van der Waals surface area (Å²) in [7, 11) is 0. The van der Waals surface area contributed by atoms with Crippen LogP contribution < -0.4 is 16.4 Å². The summed E-state index contributed by atoms with van der Waals surface area (Å²) < 4.78 is 20.1. The van der Waals surface area contributed by atoms with Gasteiger partial charge in [0.25, 0.3) is 0 Å². The molecule has 0 saturated heterocycles. The highest BCUT2D eigenvalue weighted by molar-refractivity contribution is 9.10. The predicted molar refractivity (Wildman–Crippen MR) is 167 cm³/mol. The van der Waals surface area contributed by atoms with E-state index in [2.05, 4.69) is 55.6 Å². The summed E-state index contributed by atoms with van der Waals surface area (Å²) in [5.41, 5.74) is 9.36. The van der Waals surface area contributed by atoms with Gasteiger partial charge in [-0.05, 0) is 78.8 Å². The first-order chi connectivity index (χ1) is 19.7. The van der Waals surface area contributed by atoms with Crippen LogP contribution in [0.15, 0.2) is 47.3 Å². The zero-order valence-electron chi connectivity index (χ0n) is 24.4. The summed E-state index contributed by atoms with van der Waals surface area (Å²) in [6.45, 7) is 10.4. The molecule has 2 aromatic heterocycles. The number of H-pyrrole nitrogens is 1. The minimum Gasteiger partial charge on any atom is -0.383 e. The van der Waals surface area contributed by atoms with Crippen molar-refractivity contribution < 1.29 is 9.13 Å². The molecule has 4 rings (SSSR count). The topological polar surface area (TPSA) is 114 Å². The zero-order chi connectivity index (χ0) is 29.2. The maximum Gasteiger partial charge on any atom is 0.133 e. The van der Waals surface area contributed by atoms with Crippen molar-refractivity contribution in [2.45, 2.75) is 65.5 Å². The minimum absolute atomic E-state index is 0.0973. The molecule has 0 aliphatic heterocycles. The number of nitrogens with two attached hydrogens (primary N) is 1. The van der Waals surface area contributed by atoms with Crippen LogP contribution in [0.5, 0.6) is 0 Å². The molecule has 1 unspecified atom stereocenters. The molecule has 2 heterocycles. The molecule has 0 amide bonds. The largest absolute Gasteiger partial charge is 0.383 e. The molecular formula is C31H43BrFN7O. The lowest BCUT2D eigenvalue weighted by molar-refractivity contribution is 0.0705. The molecule has 3 aromatic rings. The molecule has 0 bridgehead atoms. The van der Waals surface area contributed by atoms with Crippen LogP contribution in [0.2, 0.25) is 0 Å². The van der Waals surface area contributed by atoms with E-state index in [-0.39, 0.29) is 11.2 Å². The van der Waals surface area contributed by atoms with Gasteiger partial charge >= 0.3 is 0 Å². The molecule has 8 nitrogen and oxygen atoms in total. The lowest BCUT2D eigenvalue weighted by atomic mass is 9.94. The van der Waals surface area contributed by atoms with Crippen LogP contribution in [0.3, 0.4) is 0 Å². The van der Waals surface area contributed by atoms with Gasteiger partial charge < -0.3 is 21.1 Å². The fourth-order valence-corrected chi connectivity index (χ4v) is 5.04. The number of anilines is 1. The average Bonchev–Trinajstić information content (AvgIpc) is 3.78. The molecule has 222 valence electrons. The van der Waals surface area contributed by atoms with E-state index in [1.54, 1.807) is 24.7 Å². The highest BCUT2D eigenvalue weighted by Crippen LogP contribution is 2.34. The fourth-order valence-electron chi connectivity index (χ4n) is 4.71. The fraction of sp³-hybridized carbons (Fsp3) is 0.516. The van der Waals surface area contributed by atoms with Gasteiger partial charge in [0.2, 0.25) is 0 Å². The van der Waals surface area contributed by atoms with Crippen molar-refractivity contribution in [2.24, 2.45) is 11.3 Å². The summed E-state index contributed by atoms with van der Waals surface area (Å²) in [5.74, 6) is 0.948. The zero-order valence-corrected chi connectivity index (χ0v) is 25.9. The van der Waals surface area contributed by atoms with Crippen LogP contribution in [-0.4, -0.2) is 52.5 Å². The van der Waals surface area contributed by atoms with Gasteiger partial charge in [-0.2, -0.15) is 5.10 Å². The van der Waals surface area contributed by atoms with Crippen molar-refractivity contribution in [3.05, 3.63) is 58.8 Å². The van der Waals surface area contributed by atoms with E-state index in [1.807, 2.05) is 13.0 Å². The Kier molecular flexibility index (Phi) is 11.4. The van der Waals surface area contributed by atoms with Gasteiger partial charge in [0.1, 0.15) is 11.6 Å². The lowest BCUT2D eigenvalue weighted by Crippen LogP contribution is -2.37. The van der Waals surface area contributed by atoms with Gasteiger partial charge in [-0.25, -0.2) is 4.39 Å². The molecule has 1 saturated carbocycles. The second-order valence-electron chi connectivity index (χ2n) is 11.7. The molecule has 1 atom stereocenters. The van der Waals surface area contributed by atoms with Crippen LogP contribution in [-0.2, 0) is 11.3 Å². The molecule has 5 N–H and O–H groups in total. The highest BCUT2D eigenvalue weighted by Gasteiger charge is 2.23. The Bertz CT molecular complexity index is 1340. The van der Waals surface area contributed by atoms with E-state index in [9.17, 15) is 4.39 Å². The standard InChI is InChI=1S/C31H43BrFN7O/c1-4-41-20-31(2,3)19-35-12-11-26(9-7-21-5-6-21)36-18-28-29(32)30(34)40-39-17-24(16-38-28)23-13-22-14-25(33)8-10-27(22)37-15-23/h8,10,13-17,21,26,35-36,40H,4-7,9,11-12,18-20,34H2,1-3H3. The third-order valence-electron chi connectivity index (χ3n) is 7.36. The Balaban J connectivity index is 1.47. The summed E-state index contributed by atoms with van der Waals surface area (Å²) in [5, 5.41) is 15.3. The number of pyridine rings is 1. The van der Waals surface area contributed by atoms with Gasteiger partial charge in [-0.1, -0.05) is 26.7 Å². The Hall–Kier alpha value is -2.66. The van der Waals surface area contributed by atoms with Crippen molar-refractivity contribution in [3.63, 3.8) is 0 Å². The van der Waals surface area contributed by atoms with Crippen molar-refractivity contribution >= 4 is 32.7 Å². The Morgan fingerprint density at radius 3 is 2.73 bits per heavy atom. The van der Waals surface area contributed by atoms with Crippen LogP contribution in [0.1, 0.15) is 58.6 Å². The number of halogens is 2. The van der Waals surface area contributed by atoms with Gasteiger partial charge in [0, 0.05) is 60.1 Å². The number of rotatable bonds is 15. The number of nitrogens with one attached hydrogen (secondary N) is 3. The molecule has 1 fully saturated rings. The molecule has 0 spiro atoms. The third kappa shape index (κ3) is 9.99. The maximum absolute atomic E-state index is 13.8. The van der Waals surface area contributed by atoms with Crippen molar-refractivity contribution in [3.8, 4) is 11.1 Å². The summed E-state index contributed by atoms with van der Waals surface area (Å²) in [6, 6.07) is 6.79. The smallest absolute Gasteiger partial charge is 0.133 e. The first kappa shape index (κ1) is 31.3. The lowest BCUT2D eigenvalue weighted by Gasteiger charge is -2.25.